The van der Waals surface area contributed by atoms with E-state index in [-0.39, 0.29) is 12.0 Å². The van der Waals surface area contributed by atoms with E-state index >= 15 is 0 Å². The van der Waals surface area contributed by atoms with Crippen LogP contribution in [0.15, 0.2) is 24.3 Å². The van der Waals surface area contributed by atoms with Crippen molar-refractivity contribution in [2.24, 2.45) is 5.92 Å². The van der Waals surface area contributed by atoms with Gasteiger partial charge < -0.3 is 20.5 Å². The van der Waals surface area contributed by atoms with Crippen LogP contribution in [-0.4, -0.2) is 29.8 Å². The minimum Gasteiger partial charge on any atom is -0.491 e. The molecule has 0 saturated carbocycles. The number of ether oxygens (including phenoxy) is 1. The molecule has 0 saturated heterocycles. The van der Waals surface area contributed by atoms with Crippen molar-refractivity contribution in [3.63, 3.8) is 0 Å². The number of carbonyl (C=O) groups is 2. The first-order valence-electron chi connectivity index (χ1n) is 6.50. The Morgan fingerprint density at radius 3 is 2.70 bits per heavy atom. The standard InChI is InChI=1S/C14H18N2O4/c1-8(2)12(13(17)18)16-14(19)15-10-7-20-11-6-4-3-5-9(10)11/h3-6,8,10,12H,7H2,1-2H3,(H,17,18)(H2,15,16,19)/t10?,12-/m0/s1. The summed E-state index contributed by atoms with van der Waals surface area (Å²) in [5.74, 6) is -0.486. The van der Waals surface area contributed by atoms with Gasteiger partial charge in [0.25, 0.3) is 0 Å². The first kappa shape index (κ1) is 14.2. The topological polar surface area (TPSA) is 87.7 Å². The highest BCUT2D eigenvalue weighted by molar-refractivity contribution is 5.83. The predicted octanol–water partition coefficient (Wildman–Crippen LogP) is 1.53. The van der Waals surface area contributed by atoms with Gasteiger partial charge in [0.1, 0.15) is 18.4 Å². The van der Waals surface area contributed by atoms with E-state index in [0.717, 1.165) is 11.3 Å². The van der Waals surface area contributed by atoms with E-state index in [1.807, 2.05) is 24.3 Å². The fourth-order valence-electron chi connectivity index (χ4n) is 2.14. The van der Waals surface area contributed by atoms with E-state index in [9.17, 15) is 9.59 Å². The molecule has 1 aromatic rings. The summed E-state index contributed by atoms with van der Waals surface area (Å²) in [6, 6.07) is 5.78. The number of aliphatic carboxylic acids is 1. The van der Waals surface area contributed by atoms with Gasteiger partial charge in [-0.3, -0.25) is 0 Å². The van der Waals surface area contributed by atoms with Crippen LogP contribution in [0.1, 0.15) is 25.5 Å². The smallest absolute Gasteiger partial charge is 0.326 e. The second-order valence-corrected chi connectivity index (χ2v) is 5.08. The second kappa shape index (κ2) is 5.81. The lowest BCUT2D eigenvalue weighted by Gasteiger charge is -2.20. The van der Waals surface area contributed by atoms with Crippen molar-refractivity contribution in [3.8, 4) is 5.75 Å². The maximum absolute atomic E-state index is 11.9. The van der Waals surface area contributed by atoms with Crippen molar-refractivity contribution in [1.82, 2.24) is 10.6 Å². The van der Waals surface area contributed by atoms with E-state index < -0.39 is 18.0 Å². The number of amides is 2. The Balaban J connectivity index is 1.98. The number of carbonyl (C=O) groups excluding carboxylic acids is 1. The summed E-state index contributed by atoms with van der Waals surface area (Å²) in [5.41, 5.74) is 0.902. The summed E-state index contributed by atoms with van der Waals surface area (Å²) < 4.78 is 5.45. The summed E-state index contributed by atoms with van der Waals surface area (Å²) in [6.07, 6.45) is 0. The van der Waals surface area contributed by atoms with Gasteiger partial charge in [-0.25, -0.2) is 9.59 Å². The molecule has 1 unspecified atom stereocenters. The largest absolute Gasteiger partial charge is 0.491 e. The molecule has 20 heavy (non-hydrogen) atoms. The van der Waals surface area contributed by atoms with Gasteiger partial charge in [0, 0.05) is 5.56 Å². The SMILES string of the molecule is CC(C)[C@H](NC(=O)NC1COc2ccccc21)C(=O)O. The van der Waals surface area contributed by atoms with Crippen LogP contribution in [0.5, 0.6) is 5.75 Å². The van der Waals surface area contributed by atoms with Gasteiger partial charge in [-0.05, 0) is 12.0 Å². The average Bonchev–Trinajstić information content (AvgIpc) is 2.79. The number of urea groups is 1. The van der Waals surface area contributed by atoms with Crippen molar-refractivity contribution < 1.29 is 19.4 Å². The number of rotatable bonds is 4. The normalized spacial score (nSPS) is 18.1. The zero-order valence-corrected chi connectivity index (χ0v) is 11.4. The van der Waals surface area contributed by atoms with E-state index in [1.165, 1.54) is 0 Å². The highest BCUT2D eigenvalue weighted by atomic mass is 16.5. The Bertz CT molecular complexity index is 516. The van der Waals surface area contributed by atoms with Crippen molar-refractivity contribution in [3.05, 3.63) is 29.8 Å². The molecule has 108 valence electrons. The molecular formula is C14H18N2O4. The highest BCUT2D eigenvalue weighted by Crippen LogP contribution is 2.31. The van der Waals surface area contributed by atoms with Crippen LogP contribution >= 0.6 is 0 Å². The molecular weight excluding hydrogens is 260 g/mol. The van der Waals surface area contributed by atoms with Gasteiger partial charge in [-0.15, -0.1) is 0 Å². The molecule has 0 fully saturated rings. The molecule has 1 aliphatic rings. The van der Waals surface area contributed by atoms with Gasteiger partial charge in [0.15, 0.2) is 0 Å². The lowest BCUT2D eigenvalue weighted by Crippen LogP contribution is -2.49. The quantitative estimate of drug-likeness (QED) is 0.779. The number of benzene rings is 1. The third kappa shape index (κ3) is 3.01. The van der Waals surface area contributed by atoms with Crippen molar-refractivity contribution >= 4 is 12.0 Å². The summed E-state index contributed by atoms with van der Waals surface area (Å²) in [5, 5.41) is 14.2. The average molecular weight is 278 g/mol. The fraction of sp³-hybridized carbons (Fsp3) is 0.429. The number of hydrogen-bond acceptors (Lipinski definition) is 3. The Morgan fingerprint density at radius 2 is 2.05 bits per heavy atom. The van der Waals surface area contributed by atoms with Crippen molar-refractivity contribution in [1.29, 1.82) is 0 Å². The van der Waals surface area contributed by atoms with Gasteiger partial charge >= 0.3 is 12.0 Å². The monoisotopic (exact) mass is 278 g/mol. The molecule has 2 rings (SSSR count). The third-order valence-corrected chi connectivity index (χ3v) is 3.22. The van der Waals surface area contributed by atoms with Crippen LogP contribution in [-0.2, 0) is 4.79 Å². The fourth-order valence-corrected chi connectivity index (χ4v) is 2.14. The first-order chi connectivity index (χ1) is 9.49. The van der Waals surface area contributed by atoms with Gasteiger partial charge in [-0.1, -0.05) is 32.0 Å². The van der Waals surface area contributed by atoms with Crippen molar-refractivity contribution in [2.75, 3.05) is 6.61 Å². The number of hydrogen-bond donors (Lipinski definition) is 3. The zero-order valence-electron chi connectivity index (χ0n) is 11.4. The molecule has 6 heteroatoms. The summed E-state index contributed by atoms with van der Waals surface area (Å²) in [4.78, 5) is 22.9. The molecule has 0 aliphatic carbocycles. The molecule has 0 aromatic heterocycles. The molecule has 2 amide bonds. The molecule has 0 spiro atoms. The Labute approximate surface area is 117 Å². The number of carboxylic acid groups (broad SMARTS) is 1. The maximum Gasteiger partial charge on any atom is 0.326 e. The molecule has 1 heterocycles. The second-order valence-electron chi connectivity index (χ2n) is 5.08. The van der Waals surface area contributed by atoms with Gasteiger partial charge in [0.05, 0.1) is 6.04 Å². The molecule has 3 N–H and O–H groups in total. The Kier molecular flexibility index (Phi) is 4.12. The Hall–Kier alpha value is -2.24. The van der Waals surface area contributed by atoms with E-state index in [1.54, 1.807) is 13.8 Å². The van der Waals surface area contributed by atoms with Crippen LogP contribution in [0.2, 0.25) is 0 Å². The third-order valence-electron chi connectivity index (χ3n) is 3.22. The first-order valence-corrected chi connectivity index (χ1v) is 6.50. The lowest BCUT2D eigenvalue weighted by molar-refractivity contribution is -0.140. The zero-order chi connectivity index (χ0) is 14.7. The molecule has 2 atom stereocenters. The van der Waals surface area contributed by atoms with E-state index in [4.69, 9.17) is 9.84 Å². The number of para-hydroxylation sites is 1. The van der Waals surface area contributed by atoms with Gasteiger partial charge in [0.2, 0.25) is 0 Å². The molecule has 1 aliphatic heterocycles. The van der Waals surface area contributed by atoms with Crippen LogP contribution in [0.3, 0.4) is 0 Å². The molecule has 6 nitrogen and oxygen atoms in total. The summed E-state index contributed by atoms with van der Waals surface area (Å²) >= 11 is 0. The minimum atomic E-state index is -1.04. The number of nitrogens with one attached hydrogen (secondary N) is 2. The van der Waals surface area contributed by atoms with Crippen LogP contribution in [0.4, 0.5) is 4.79 Å². The van der Waals surface area contributed by atoms with Crippen LogP contribution in [0.25, 0.3) is 0 Å². The predicted molar refractivity (Wildman–Crippen MR) is 72.6 cm³/mol. The summed E-state index contributed by atoms with van der Waals surface area (Å²) in [7, 11) is 0. The molecule has 0 bridgehead atoms. The van der Waals surface area contributed by atoms with E-state index in [0.29, 0.717) is 6.61 Å². The maximum atomic E-state index is 11.9. The van der Waals surface area contributed by atoms with Gasteiger partial charge in [-0.2, -0.15) is 0 Å². The minimum absolute atomic E-state index is 0.189. The number of fused-ring (bicyclic) bond motifs is 1. The number of carboxylic acids is 1. The molecule has 1 aromatic carbocycles. The van der Waals surface area contributed by atoms with Crippen LogP contribution < -0.4 is 15.4 Å². The van der Waals surface area contributed by atoms with E-state index in [2.05, 4.69) is 10.6 Å². The van der Waals surface area contributed by atoms with Crippen LogP contribution in [0, 0.1) is 5.92 Å². The summed E-state index contributed by atoms with van der Waals surface area (Å²) in [6.45, 7) is 3.84. The lowest BCUT2D eigenvalue weighted by atomic mass is 10.1. The highest BCUT2D eigenvalue weighted by Gasteiger charge is 2.28. The van der Waals surface area contributed by atoms with Crippen molar-refractivity contribution in [2.45, 2.75) is 25.9 Å². The Morgan fingerprint density at radius 1 is 1.35 bits per heavy atom. The molecule has 0 radical (unpaired) electrons.